The van der Waals surface area contributed by atoms with Gasteiger partial charge in [0, 0.05) is 0 Å². The highest BCUT2D eigenvalue weighted by molar-refractivity contribution is 6.12. The summed E-state index contributed by atoms with van der Waals surface area (Å²) >= 11 is 0. The molecule has 5 nitrogen and oxygen atoms in total. The van der Waals surface area contributed by atoms with Gasteiger partial charge in [0.15, 0.2) is 5.78 Å². The molecular formula is C15H15FO5. The van der Waals surface area contributed by atoms with Gasteiger partial charge in [-0.3, -0.25) is 9.59 Å². The van der Waals surface area contributed by atoms with E-state index in [0.29, 0.717) is 6.26 Å². The van der Waals surface area contributed by atoms with E-state index in [4.69, 9.17) is 9.47 Å². The lowest BCUT2D eigenvalue weighted by Crippen LogP contribution is -2.46. The van der Waals surface area contributed by atoms with Crippen LogP contribution < -0.4 is 4.74 Å². The van der Waals surface area contributed by atoms with Gasteiger partial charge in [-0.25, -0.2) is 4.39 Å². The summed E-state index contributed by atoms with van der Waals surface area (Å²) in [7, 11) is 1.22. The molecule has 0 bridgehead atoms. The maximum Gasteiger partial charge on any atom is 0.315 e. The second-order valence-electron chi connectivity index (χ2n) is 5.27. The highest BCUT2D eigenvalue weighted by Gasteiger charge is 2.47. The summed E-state index contributed by atoms with van der Waals surface area (Å²) in [6.45, 7) is 3.07. The monoisotopic (exact) mass is 294 g/mol. The Bertz CT molecular complexity index is 633. The number of halogens is 1. The lowest BCUT2D eigenvalue weighted by molar-refractivity contribution is -0.155. The Labute approximate surface area is 121 Å². The molecule has 1 aromatic rings. The van der Waals surface area contributed by atoms with E-state index < -0.39 is 29.1 Å². The van der Waals surface area contributed by atoms with E-state index in [0.717, 1.165) is 12.1 Å². The summed E-state index contributed by atoms with van der Waals surface area (Å²) in [5.41, 5.74) is -1.32. The van der Waals surface area contributed by atoms with Crippen LogP contribution in [0.4, 0.5) is 4.39 Å². The molecule has 112 valence electrons. The fourth-order valence-electron chi connectivity index (χ4n) is 2.28. The number of ether oxygens (including phenoxy) is 2. The number of rotatable bonds is 2. The highest BCUT2D eigenvalue weighted by Crippen LogP contribution is 2.39. The average Bonchev–Trinajstić information content (AvgIpc) is 2.46. The minimum absolute atomic E-state index is 0.00668. The summed E-state index contributed by atoms with van der Waals surface area (Å²) < 4.78 is 23.6. The average molecular weight is 294 g/mol. The molecule has 0 aliphatic carbocycles. The number of ketones is 1. The maximum atomic E-state index is 13.2. The van der Waals surface area contributed by atoms with Crippen molar-refractivity contribution < 1.29 is 28.6 Å². The third-order valence-corrected chi connectivity index (χ3v) is 3.48. The fourth-order valence-corrected chi connectivity index (χ4v) is 2.28. The van der Waals surface area contributed by atoms with Crippen LogP contribution in [0, 0.1) is 11.2 Å². The molecule has 1 heterocycles. The van der Waals surface area contributed by atoms with Crippen molar-refractivity contribution in [3.63, 3.8) is 0 Å². The van der Waals surface area contributed by atoms with E-state index in [-0.39, 0.29) is 16.9 Å². The summed E-state index contributed by atoms with van der Waals surface area (Å²) in [6.07, 6.45) is -0.439. The molecule has 1 unspecified atom stereocenters. The molecular weight excluding hydrogens is 279 g/mol. The zero-order valence-corrected chi connectivity index (χ0v) is 11.8. The number of aliphatic hydroxyl groups excluding tert-OH is 1. The van der Waals surface area contributed by atoms with E-state index in [9.17, 15) is 19.1 Å². The molecule has 0 saturated carbocycles. The Balaban J connectivity index is 2.54. The number of hydrogen-bond acceptors (Lipinski definition) is 5. The smallest absolute Gasteiger partial charge is 0.315 e. The first-order valence-corrected chi connectivity index (χ1v) is 6.26. The molecule has 21 heavy (non-hydrogen) atoms. The molecule has 1 atom stereocenters. The van der Waals surface area contributed by atoms with Crippen LogP contribution in [0.15, 0.2) is 30.0 Å². The summed E-state index contributed by atoms with van der Waals surface area (Å²) in [4.78, 5) is 24.2. The van der Waals surface area contributed by atoms with Crippen LogP contribution in [-0.4, -0.2) is 30.1 Å². The van der Waals surface area contributed by atoms with Crippen LogP contribution in [-0.2, 0) is 9.53 Å². The number of aliphatic hydroxyl groups is 1. The van der Waals surface area contributed by atoms with E-state index >= 15 is 0 Å². The van der Waals surface area contributed by atoms with Gasteiger partial charge in [0.05, 0.1) is 24.5 Å². The third kappa shape index (κ3) is 2.37. The normalized spacial score (nSPS) is 19.9. The van der Waals surface area contributed by atoms with Gasteiger partial charge < -0.3 is 14.6 Å². The Morgan fingerprint density at radius 1 is 1.48 bits per heavy atom. The first-order valence-electron chi connectivity index (χ1n) is 6.26. The van der Waals surface area contributed by atoms with Gasteiger partial charge >= 0.3 is 5.97 Å². The largest absolute Gasteiger partial charge is 0.515 e. The SMILES string of the molecule is COC(=O)C(C)(C)C1Oc2ccc(F)cc2C(=O)C1=CO. The Morgan fingerprint density at radius 2 is 2.14 bits per heavy atom. The van der Waals surface area contributed by atoms with Gasteiger partial charge in [-0.05, 0) is 32.0 Å². The first kappa shape index (κ1) is 15.0. The molecule has 6 heteroatoms. The Morgan fingerprint density at radius 3 is 2.71 bits per heavy atom. The number of hydrogen-bond donors (Lipinski definition) is 1. The number of carbonyl (C=O) groups excluding carboxylic acids is 2. The van der Waals surface area contributed by atoms with Crippen LogP contribution >= 0.6 is 0 Å². The van der Waals surface area contributed by atoms with Crippen LogP contribution in [0.2, 0.25) is 0 Å². The van der Waals surface area contributed by atoms with Crippen molar-refractivity contribution in [1.29, 1.82) is 0 Å². The van der Waals surface area contributed by atoms with Gasteiger partial charge in [0.25, 0.3) is 0 Å². The maximum absolute atomic E-state index is 13.2. The molecule has 0 saturated heterocycles. The molecule has 1 N–H and O–H groups in total. The standard InChI is InChI=1S/C15H15FO5/c1-15(2,14(19)20-3)13-10(7-17)12(18)9-6-8(16)4-5-11(9)21-13/h4-7,13,17H,1-3H3. The van der Waals surface area contributed by atoms with Crippen molar-refractivity contribution in [2.45, 2.75) is 20.0 Å². The predicted molar refractivity (Wildman–Crippen MR) is 71.7 cm³/mol. The second kappa shape index (κ2) is 5.20. The van der Waals surface area contributed by atoms with E-state index in [1.807, 2.05) is 0 Å². The number of esters is 1. The predicted octanol–water partition coefficient (Wildman–Crippen LogP) is 2.41. The van der Waals surface area contributed by atoms with Gasteiger partial charge in [0.2, 0.25) is 0 Å². The minimum Gasteiger partial charge on any atom is -0.515 e. The topological polar surface area (TPSA) is 72.8 Å². The molecule has 0 fully saturated rings. The molecule has 0 spiro atoms. The number of methoxy groups -OCH3 is 1. The van der Waals surface area contributed by atoms with Crippen molar-refractivity contribution in [1.82, 2.24) is 0 Å². The zero-order valence-electron chi connectivity index (χ0n) is 11.8. The van der Waals surface area contributed by atoms with E-state index in [1.165, 1.54) is 27.0 Å². The summed E-state index contributed by atoms with van der Waals surface area (Å²) in [6, 6.07) is 3.50. The van der Waals surface area contributed by atoms with Crippen LogP contribution in [0.25, 0.3) is 0 Å². The van der Waals surface area contributed by atoms with Crippen molar-refractivity contribution in [2.24, 2.45) is 5.41 Å². The van der Waals surface area contributed by atoms with Crippen molar-refractivity contribution >= 4 is 11.8 Å². The van der Waals surface area contributed by atoms with Crippen molar-refractivity contribution in [2.75, 3.05) is 7.11 Å². The summed E-state index contributed by atoms with van der Waals surface area (Å²) in [5, 5.41) is 9.34. The van der Waals surface area contributed by atoms with E-state index in [2.05, 4.69) is 0 Å². The lowest BCUT2D eigenvalue weighted by Gasteiger charge is -2.36. The Kier molecular flexibility index (Phi) is 3.72. The number of benzene rings is 1. The van der Waals surface area contributed by atoms with Crippen LogP contribution in [0.5, 0.6) is 5.75 Å². The molecule has 2 rings (SSSR count). The third-order valence-electron chi connectivity index (χ3n) is 3.48. The fraction of sp³-hybridized carbons (Fsp3) is 0.333. The van der Waals surface area contributed by atoms with Crippen LogP contribution in [0.3, 0.4) is 0 Å². The molecule has 1 aliphatic rings. The molecule has 0 aromatic heterocycles. The first-order chi connectivity index (χ1) is 9.82. The van der Waals surface area contributed by atoms with Crippen molar-refractivity contribution in [3.05, 3.63) is 41.4 Å². The second-order valence-corrected chi connectivity index (χ2v) is 5.27. The minimum atomic E-state index is -1.20. The van der Waals surface area contributed by atoms with Crippen molar-refractivity contribution in [3.8, 4) is 5.75 Å². The lowest BCUT2D eigenvalue weighted by atomic mass is 9.79. The number of carbonyl (C=O) groups is 2. The highest BCUT2D eigenvalue weighted by atomic mass is 19.1. The molecule has 0 amide bonds. The zero-order chi connectivity index (χ0) is 15.8. The van der Waals surface area contributed by atoms with E-state index in [1.54, 1.807) is 0 Å². The van der Waals surface area contributed by atoms with Gasteiger partial charge in [-0.2, -0.15) is 0 Å². The van der Waals surface area contributed by atoms with Gasteiger partial charge in [-0.1, -0.05) is 0 Å². The summed E-state index contributed by atoms with van der Waals surface area (Å²) in [5.74, 6) is -1.60. The number of Topliss-reactive ketones (excluding diaryl/α,β-unsaturated/α-hetero) is 1. The molecule has 1 aliphatic heterocycles. The number of fused-ring (bicyclic) bond motifs is 1. The van der Waals surface area contributed by atoms with Crippen LogP contribution in [0.1, 0.15) is 24.2 Å². The van der Waals surface area contributed by atoms with Gasteiger partial charge in [-0.15, -0.1) is 0 Å². The molecule has 0 radical (unpaired) electrons. The molecule has 1 aromatic carbocycles. The Hall–Kier alpha value is -2.37. The van der Waals surface area contributed by atoms with Gasteiger partial charge in [0.1, 0.15) is 23.1 Å². The quantitative estimate of drug-likeness (QED) is 0.515.